The highest BCUT2D eigenvalue weighted by atomic mass is 16.3. The molecule has 0 aromatic rings. The molecule has 0 heterocycles. The molecule has 4 aliphatic carbocycles. The Bertz CT molecular complexity index is 607. The van der Waals surface area contributed by atoms with Crippen LogP contribution in [0.1, 0.15) is 99.3 Å². The molecule has 4 rings (SSSR count). The summed E-state index contributed by atoms with van der Waals surface area (Å²) in [7, 11) is 0. The molecule has 0 aromatic heterocycles. The first-order valence-corrected chi connectivity index (χ1v) is 13.0. The van der Waals surface area contributed by atoms with E-state index in [1.54, 1.807) is 0 Å². The van der Waals surface area contributed by atoms with Crippen molar-refractivity contribution in [1.29, 1.82) is 0 Å². The van der Waals surface area contributed by atoms with E-state index in [0.29, 0.717) is 16.7 Å². The van der Waals surface area contributed by atoms with Gasteiger partial charge in [-0.05, 0) is 116 Å². The normalized spacial score (nSPS) is 49.5. The van der Waals surface area contributed by atoms with E-state index in [-0.39, 0.29) is 6.10 Å². The van der Waals surface area contributed by atoms with Crippen LogP contribution < -0.4 is 0 Å². The highest BCUT2D eigenvalue weighted by Crippen LogP contribution is 2.68. The number of hydrogen-bond acceptors (Lipinski definition) is 1. The molecule has 6 unspecified atom stereocenters. The fourth-order valence-electron chi connectivity index (χ4n) is 8.85. The molecule has 166 valence electrons. The molecule has 10 atom stereocenters. The zero-order valence-corrected chi connectivity index (χ0v) is 20.2. The van der Waals surface area contributed by atoms with Crippen molar-refractivity contribution in [1.82, 2.24) is 0 Å². The third kappa shape index (κ3) is 3.66. The van der Waals surface area contributed by atoms with Gasteiger partial charge in [0, 0.05) is 0 Å². The molecule has 0 spiro atoms. The summed E-state index contributed by atoms with van der Waals surface area (Å²) in [5, 5.41) is 10.3. The van der Waals surface area contributed by atoms with E-state index in [0.717, 1.165) is 54.3 Å². The Labute approximate surface area is 181 Å². The second-order valence-electron chi connectivity index (χ2n) is 12.7. The SMILES string of the molecule is CC(C)C(C)/C=C/[C@@H](C)[C@H]1CCC2C3CCC4CC(O)CC[C@]4(C)C3CC[C@@]21C. The monoisotopic (exact) mass is 400 g/mol. The maximum atomic E-state index is 10.3. The molecule has 0 amide bonds. The van der Waals surface area contributed by atoms with Gasteiger partial charge in [0.1, 0.15) is 0 Å². The van der Waals surface area contributed by atoms with E-state index in [1.807, 2.05) is 0 Å². The number of aliphatic hydroxyl groups excluding tert-OH is 1. The van der Waals surface area contributed by atoms with E-state index in [9.17, 15) is 5.11 Å². The van der Waals surface area contributed by atoms with E-state index in [1.165, 1.54) is 44.9 Å². The summed E-state index contributed by atoms with van der Waals surface area (Å²) >= 11 is 0. The Morgan fingerprint density at radius 3 is 2.21 bits per heavy atom. The smallest absolute Gasteiger partial charge is 0.0543 e. The second-order valence-corrected chi connectivity index (χ2v) is 12.7. The average Bonchev–Trinajstić information content (AvgIpc) is 3.03. The fraction of sp³-hybridized carbons (Fsp3) is 0.929. The van der Waals surface area contributed by atoms with Gasteiger partial charge in [-0.2, -0.15) is 0 Å². The molecule has 1 heteroatoms. The minimum atomic E-state index is -0.0183. The van der Waals surface area contributed by atoms with Gasteiger partial charge in [0.25, 0.3) is 0 Å². The van der Waals surface area contributed by atoms with Crippen molar-refractivity contribution in [2.45, 2.75) is 105 Å². The van der Waals surface area contributed by atoms with Gasteiger partial charge in [-0.25, -0.2) is 0 Å². The largest absolute Gasteiger partial charge is 0.393 e. The van der Waals surface area contributed by atoms with Crippen LogP contribution in [0.4, 0.5) is 0 Å². The molecule has 4 aliphatic rings. The van der Waals surface area contributed by atoms with Crippen molar-refractivity contribution in [3.8, 4) is 0 Å². The Kier molecular flexibility index (Phi) is 6.04. The zero-order chi connectivity index (χ0) is 21.0. The van der Waals surface area contributed by atoms with Crippen molar-refractivity contribution >= 4 is 0 Å². The molecule has 0 bridgehead atoms. The Morgan fingerprint density at radius 2 is 1.48 bits per heavy atom. The van der Waals surface area contributed by atoms with E-state index in [2.05, 4.69) is 53.7 Å². The first kappa shape index (κ1) is 21.9. The van der Waals surface area contributed by atoms with Gasteiger partial charge in [-0.15, -0.1) is 0 Å². The van der Waals surface area contributed by atoms with Crippen LogP contribution in [0.3, 0.4) is 0 Å². The first-order chi connectivity index (χ1) is 13.7. The second kappa shape index (κ2) is 7.99. The zero-order valence-electron chi connectivity index (χ0n) is 20.2. The van der Waals surface area contributed by atoms with E-state index >= 15 is 0 Å². The minimum absolute atomic E-state index is 0.0183. The third-order valence-corrected chi connectivity index (χ3v) is 11.1. The summed E-state index contributed by atoms with van der Waals surface area (Å²) in [4.78, 5) is 0. The summed E-state index contributed by atoms with van der Waals surface area (Å²) in [6.07, 6.45) is 17.1. The fourth-order valence-corrected chi connectivity index (χ4v) is 8.85. The first-order valence-electron chi connectivity index (χ1n) is 13.0. The molecule has 0 aromatic carbocycles. The lowest BCUT2D eigenvalue weighted by molar-refractivity contribution is -0.128. The molecule has 0 saturated heterocycles. The van der Waals surface area contributed by atoms with Gasteiger partial charge in [0.05, 0.1) is 6.10 Å². The molecule has 0 radical (unpaired) electrons. The van der Waals surface area contributed by atoms with Gasteiger partial charge < -0.3 is 5.11 Å². The van der Waals surface area contributed by atoms with Crippen molar-refractivity contribution in [2.75, 3.05) is 0 Å². The highest BCUT2D eigenvalue weighted by Gasteiger charge is 2.60. The lowest BCUT2D eigenvalue weighted by atomic mass is 9.44. The quantitative estimate of drug-likeness (QED) is 0.485. The Balaban J connectivity index is 1.50. The minimum Gasteiger partial charge on any atom is -0.393 e. The summed E-state index contributed by atoms with van der Waals surface area (Å²) < 4.78 is 0. The summed E-state index contributed by atoms with van der Waals surface area (Å²) in [6, 6.07) is 0. The van der Waals surface area contributed by atoms with E-state index < -0.39 is 0 Å². The van der Waals surface area contributed by atoms with E-state index in [4.69, 9.17) is 0 Å². The molecule has 4 fully saturated rings. The predicted octanol–water partition coefficient (Wildman–Crippen LogP) is 7.49. The standard InChI is InChI=1S/C28H48O/c1-18(2)19(3)7-8-20(4)24-11-12-25-23-10-9-21-17-22(29)13-15-27(21,5)26(23)14-16-28(24,25)6/h7-8,18-26,29H,9-17H2,1-6H3/b8-7+/t19?,20-,21?,22?,23?,24-,25?,26?,27+,28-/m1/s1. The van der Waals surface area contributed by atoms with Crippen molar-refractivity contribution in [3.63, 3.8) is 0 Å². The molecule has 29 heavy (non-hydrogen) atoms. The molecular weight excluding hydrogens is 352 g/mol. The predicted molar refractivity (Wildman–Crippen MR) is 124 cm³/mol. The lowest BCUT2D eigenvalue weighted by Gasteiger charge is -2.61. The third-order valence-electron chi connectivity index (χ3n) is 11.1. The van der Waals surface area contributed by atoms with Crippen LogP contribution in [0, 0.1) is 58.2 Å². The number of rotatable bonds is 4. The van der Waals surface area contributed by atoms with Gasteiger partial charge in [-0.3, -0.25) is 0 Å². The van der Waals surface area contributed by atoms with Gasteiger partial charge in [0.15, 0.2) is 0 Å². The number of hydrogen-bond donors (Lipinski definition) is 1. The summed E-state index contributed by atoms with van der Waals surface area (Å²) in [5.74, 6) is 6.66. The highest BCUT2D eigenvalue weighted by molar-refractivity contribution is 5.11. The summed E-state index contributed by atoms with van der Waals surface area (Å²) in [5.41, 5.74) is 1.07. The molecule has 0 aliphatic heterocycles. The molecule has 4 saturated carbocycles. The van der Waals surface area contributed by atoms with Crippen LogP contribution in [0.15, 0.2) is 12.2 Å². The van der Waals surface area contributed by atoms with Crippen molar-refractivity contribution in [2.24, 2.45) is 58.2 Å². The summed E-state index contributed by atoms with van der Waals surface area (Å²) in [6.45, 7) is 14.9. The van der Waals surface area contributed by atoms with Crippen LogP contribution in [-0.4, -0.2) is 11.2 Å². The molecule has 1 N–H and O–H groups in total. The van der Waals surface area contributed by atoms with Gasteiger partial charge >= 0.3 is 0 Å². The average molecular weight is 401 g/mol. The Hall–Kier alpha value is -0.300. The number of allylic oxidation sites excluding steroid dienone is 2. The van der Waals surface area contributed by atoms with Gasteiger partial charge in [-0.1, -0.05) is 53.7 Å². The molecule has 1 nitrogen and oxygen atoms in total. The maximum absolute atomic E-state index is 10.3. The van der Waals surface area contributed by atoms with Crippen LogP contribution in [-0.2, 0) is 0 Å². The number of aliphatic hydroxyl groups is 1. The molecular formula is C28H48O. The van der Waals surface area contributed by atoms with Crippen LogP contribution in [0.25, 0.3) is 0 Å². The van der Waals surface area contributed by atoms with Crippen LogP contribution in [0.5, 0.6) is 0 Å². The van der Waals surface area contributed by atoms with Crippen LogP contribution >= 0.6 is 0 Å². The number of fused-ring (bicyclic) bond motifs is 5. The lowest BCUT2D eigenvalue weighted by Crippen LogP contribution is -2.54. The Morgan fingerprint density at radius 1 is 0.793 bits per heavy atom. The van der Waals surface area contributed by atoms with Gasteiger partial charge in [0.2, 0.25) is 0 Å². The topological polar surface area (TPSA) is 20.2 Å². The maximum Gasteiger partial charge on any atom is 0.0543 e. The van der Waals surface area contributed by atoms with Crippen molar-refractivity contribution in [3.05, 3.63) is 12.2 Å². The van der Waals surface area contributed by atoms with Crippen molar-refractivity contribution < 1.29 is 5.11 Å². The van der Waals surface area contributed by atoms with Crippen LogP contribution in [0.2, 0.25) is 0 Å².